The minimum absolute atomic E-state index is 0.245. The van der Waals surface area contributed by atoms with Gasteiger partial charge in [0.1, 0.15) is 12.4 Å². The predicted molar refractivity (Wildman–Crippen MR) is 76.6 cm³/mol. The largest absolute Gasteiger partial charge is 0.488 e. The summed E-state index contributed by atoms with van der Waals surface area (Å²) in [6.45, 7) is 0.245. The van der Waals surface area contributed by atoms with E-state index in [-0.39, 0.29) is 6.61 Å². The second-order valence-electron chi connectivity index (χ2n) is 3.77. The molecule has 0 spiro atoms. The minimum Gasteiger partial charge on any atom is -0.488 e. The van der Waals surface area contributed by atoms with Crippen molar-refractivity contribution in [3.8, 4) is 5.75 Å². The van der Waals surface area contributed by atoms with Crippen LogP contribution in [0.1, 0.15) is 11.1 Å². The van der Waals surface area contributed by atoms with E-state index in [4.69, 9.17) is 33.1 Å². The Labute approximate surface area is 121 Å². The van der Waals surface area contributed by atoms with Gasteiger partial charge in [0.2, 0.25) is 0 Å². The number of hydrogen-bond acceptors (Lipinski definition) is 3. The fourth-order valence-electron chi connectivity index (χ4n) is 1.60. The first-order chi connectivity index (χ1) is 9.22. The third-order valence-corrected chi connectivity index (χ3v) is 3.26. The number of rotatable bonds is 4. The van der Waals surface area contributed by atoms with E-state index >= 15 is 0 Å². The number of hydrogen-bond donors (Lipinski definition) is 1. The first-order valence-electron chi connectivity index (χ1n) is 5.54. The number of benzene rings is 2. The standard InChI is InChI=1S/C14H11Cl2NO2/c15-12-5-3-6-13(16)11(12)9-19-14-7-2-1-4-10(14)8-17-18/h1-8,18H,9H2/b17-8+. The quantitative estimate of drug-likeness (QED) is 0.517. The van der Waals surface area contributed by atoms with Crippen molar-refractivity contribution in [2.75, 3.05) is 0 Å². The normalized spacial score (nSPS) is 10.8. The lowest BCUT2D eigenvalue weighted by atomic mass is 10.2. The molecule has 0 aromatic heterocycles. The number of oxime groups is 1. The highest BCUT2D eigenvalue weighted by Gasteiger charge is 2.07. The molecule has 0 saturated carbocycles. The number of ether oxygens (including phenoxy) is 1. The average Bonchev–Trinajstić information content (AvgIpc) is 2.40. The predicted octanol–water partition coefficient (Wildman–Crippen LogP) is 4.38. The van der Waals surface area contributed by atoms with Gasteiger partial charge in [0.25, 0.3) is 0 Å². The molecule has 2 rings (SSSR count). The van der Waals surface area contributed by atoms with E-state index in [1.807, 2.05) is 12.1 Å². The summed E-state index contributed by atoms with van der Waals surface area (Å²) in [6, 6.07) is 12.5. The smallest absolute Gasteiger partial charge is 0.128 e. The van der Waals surface area contributed by atoms with Crippen LogP contribution in [0.3, 0.4) is 0 Å². The second-order valence-corrected chi connectivity index (χ2v) is 4.59. The Kier molecular flexibility index (Phi) is 4.66. The molecule has 1 N–H and O–H groups in total. The molecule has 0 aliphatic heterocycles. The highest BCUT2D eigenvalue weighted by Crippen LogP contribution is 2.26. The van der Waals surface area contributed by atoms with Crippen molar-refractivity contribution in [1.82, 2.24) is 0 Å². The molecule has 0 aliphatic rings. The zero-order valence-corrected chi connectivity index (χ0v) is 11.4. The van der Waals surface area contributed by atoms with Crippen molar-refractivity contribution in [1.29, 1.82) is 0 Å². The maximum absolute atomic E-state index is 8.59. The van der Waals surface area contributed by atoms with Crippen LogP contribution in [0.2, 0.25) is 10.0 Å². The Balaban J connectivity index is 2.19. The van der Waals surface area contributed by atoms with Crippen LogP contribution in [0.25, 0.3) is 0 Å². The van der Waals surface area contributed by atoms with E-state index in [1.54, 1.807) is 30.3 Å². The Morgan fingerprint density at radius 3 is 2.42 bits per heavy atom. The summed E-state index contributed by atoms with van der Waals surface area (Å²) in [5.74, 6) is 0.594. The number of nitrogens with zero attached hydrogens (tertiary/aromatic N) is 1. The Morgan fingerprint density at radius 1 is 1.05 bits per heavy atom. The molecule has 2 aromatic carbocycles. The van der Waals surface area contributed by atoms with Gasteiger partial charge in [-0.3, -0.25) is 0 Å². The van der Waals surface area contributed by atoms with E-state index < -0.39 is 0 Å². The van der Waals surface area contributed by atoms with Crippen LogP contribution >= 0.6 is 23.2 Å². The lowest BCUT2D eigenvalue weighted by Crippen LogP contribution is -1.99. The third kappa shape index (κ3) is 3.40. The lowest BCUT2D eigenvalue weighted by Gasteiger charge is -2.11. The molecule has 0 radical (unpaired) electrons. The molecule has 0 saturated heterocycles. The van der Waals surface area contributed by atoms with Crippen LogP contribution < -0.4 is 4.74 Å². The topological polar surface area (TPSA) is 41.8 Å². The SMILES string of the molecule is O/N=C/c1ccccc1OCc1c(Cl)cccc1Cl. The second kappa shape index (κ2) is 6.45. The minimum atomic E-state index is 0.245. The van der Waals surface area contributed by atoms with Crippen LogP contribution in [0.15, 0.2) is 47.6 Å². The molecule has 0 aliphatic carbocycles. The molecule has 98 valence electrons. The molecule has 3 nitrogen and oxygen atoms in total. The monoisotopic (exact) mass is 295 g/mol. The molecule has 5 heteroatoms. The lowest BCUT2D eigenvalue weighted by molar-refractivity contribution is 0.304. The van der Waals surface area contributed by atoms with Crippen molar-refractivity contribution >= 4 is 29.4 Å². The van der Waals surface area contributed by atoms with Gasteiger partial charge in [0.05, 0.1) is 6.21 Å². The maximum Gasteiger partial charge on any atom is 0.128 e. The van der Waals surface area contributed by atoms with E-state index in [2.05, 4.69) is 5.16 Å². The van der Waals surface area contributed by atoms with Crippen molar-refractivity contribution < 1.29 is 9.94 Å². The summed E-state index contributed by atoms with van der Waals surface area (Å²) in [6.07, 6.45) is 1.31. The maximum atomic E-state index is 8.59. The van der Waals surface area contributed by atoms with Crippen molar-refractivity contribution in [2.24, 2.45) is 5.16 Å². The van der Waals surface area contributed by atoms with E-state index in [9.17, 15) is 0 Å². The number of para-hydroxylation sites is 1. The summed E-state index contributed by atoms with van der Waals surface area (Å²) >= 11 is 12.1. The molecular weight excluding hydrogens is 285 g/mol. The van der Waals surface area contributed by atoms with Gasteiger partial charge in [0, 0.05) is 21.2 Å². The van der Waals surface area contributed by atoms with Crippen LogP contribution in [-0.2, 0) is 6.61 Å². The van der Waals surface area contributed by atoms with Gasteiger partial charge in [-0.15, -0.1) is 0 Å². The van der Waals surface area contributed by atoms with Crippen molar-refractivity contribution in [3.63, 3.8) is 0 Å². The molecule has 0 heterocycles. The fraction of sp³-hybridized carbons (Fsp3) is 0.0714. The van der Waals surface area contributed by atoms with Gasteiger partial charge in [-0.2, -0.15) is 0 Å². The summed E-state index contributed by atoms with van der Waals surface area (Å²) in [7, 11) is 0. The van der Waals surface area contributed by atoms with Crippen LogP contribution in [0.4, 0.5) is 0 Å². The summed E-state index contributed by atoms with van der Waals surface area (Å²) in [5, 5.41) is 12.7. The highest BCUT2D eigenvalue weighted by molar-refractivity contribution is 6.35. The zero-order chi connectivity index (χ0) is 13.7. The van der Waals surface area contributed by atoms with Crippen LogP contribution in [-0.4, -0.2) is 11.4 Å². The van der Waals surface area contributed by atoms with Crippen LogP contribution in [0.5, 0.6) is 5.75 Å². The van der Waals surface area contributed by atoms with Gasteiger partial charge in [-0.25, -0.2) is 0 Å². The Bertz CT molecular complexity index is 579. The zero-order valence-electron chi connectivity index (χ0n) is 9.88. The van der Waals surface area contributed by atoms with Gasteiger partial charge < -0.3 is 9.94 Å². The van der Waals surface area contributed by atoms with Gasteiger partial charge in [-0.1, -0.05) is 46.6 Å². The van der Waals surface area contributed by atoms with Gasteiger partial charge in [-0.05, 0) is 24.3 Å². The molecule has 0 fully saturated rings. The molecule has 0 unspecified atom stereocenters. The van der Waals surface area contributed by atoms with E-state index in [1.165, 1.54) is 6.21 Å². The average molecular weight is 296 g/mol. The molecular formula is C14H11Cl2NO2. The van der Waals surface area contributed by atoms with Crippen molar-refractivity contribution in [3.05, 3.63) is 63.6 Å². The Morgan fingerprint density at radius 2 is 1.74 bits per heavy atom. The summed E-state index contributed by atoms with van der Waals surface area (Å²) < 4.78 is 5.67. The molecule has 0 atom stereocenters. The summed E-state index contributed by atoms with van der Waals surface area (Å²) in [5.41, 5.74) is 1.40. The van der Waals surface area contributed by atoms with E-state index in [0.29, 0.717) is 21.4 Å². The van der Waals surface area contributed by atoms with Crippen LogP contribution in [0, 0.1) is 0 Å². The highest BCUT2D eigenvalue weighted by atomic mass is 35.5. The molecule has 0 bridgehead atoms. The van der Waals surface area contributed by atoms with Gasteiger partial charge in [0.15, 0.2) is 0 Å². The first-order valence-corrected chi connectivity index (χ1v) is 6.30. The summed E-state index contributed by atoms with van der Waals surface area (Å²) in [4.78, 5) is 0. The fourth-order valence-corrected chi connectivity index (χ4v) is 2.11. The number of halogens is 2. The third-order valence-electron chi connectivity index (χ3n) is 2.55. The molecule has 0 amide bonds. The Hall–Kier alpha value is -1.71. The van der Waals surface area contributed by atoms with Gasteiger partial charge >= 0.3 is 0 Å². The first kappa shape index (κ1) is 13.7. The van der Waals surface area contributed by atoms with E-state index in [0.717, 1.165) is 5.56 Å². The molecule has 19 heavy (non-hydrogen) atoms. The molecule has 2 aromatic rings. The van der Waals surface area contributed by atoms with Crippen molar-refractivity contribution in [2.45, 2.75) is 6.61 Å².